The molecule has 5 nitrogen and oxygen atoms in total. The number of benzene rings is 1. The summed E-state index contributed by atoms with van der Waals surface area (Å²) in [5.74, 6) is 0.400. The van der Waals surface area contributed by atoms with Gasteiger partial charge < -0.3 is 15.8 Å². The third-order valence-electron chi connectivity index (χ3n) is 2.58. The van der Waals surface area contributed by atoms with Crippen LogP contribution in [0.4, 0.5) is 5.69 Å². The maximum Gasteiger partial charge on any atom is 0.270 e. The Morgan fingerprint density at radius 3 is 2.82 bits per heavy atom. The highest BCUT2D eigenvalue weighted by Crippen LogP contribution is 2.31. The summed E-state index contributed by atoms with van der Waals surface area (Å²) < 4.78 is 5.24. The lowest BCUT2D eigenvalue weighted by Gasteiger charge is -2.10. The number of nitrogen functional groups attached to an aromatic ring is 1. The molecule has 5 heteroatoms. The molecular formula is C12H13N3O2. The number of carbonyl (C=O) groups is 1. The van der Waals surface area contributed by atoms with Crippen LogP contribution in [0.15, 0.2) is 24.4 Å². The van der Waals surface area contributed by atoms with E-state index in [0.717, 1.165) is 5.39 Å². The number of nitrogens with one attached hydrogen (secondary N) is 1. The minimum Gasteiger partial charge on any atom is -0.496 e. The fourth-order valence-corrected chi connectivity index (χ4v) is 1.77. The van der Waals surface area contributed by atoms with Crippen molar-refractivity contribution in [2.75, 3.05) is 19.9 Å². The van der Waals surface area contributed by atoms with E-state index in [2.05, 4.69) is 10.3 Å². The molecule has 0 spiro atoms. The van der Waals surface area contributed by atoms with Gasteiger partial charge >= 0.3 is 0 Å². The van der Waals surface area contributed by atoms with Crippen LogP contribution >= 0.6 is 0 Å². The number of rotatable bonds is 2. The van der Waals surface area contributed by atoms with Crippen LogP contribution < -0.4 is 15.8 Å². The van der Waals surface area contributed by atoms with E-state index in [1.165, 1.54) is 0 Å². The Bertz CT molecular complexity index is 581. The molecule has 0 fully saturated rings. The second-order valence-corrected chi connectivity index (χ2v) is 3.52. The van der Waals surface area contributed by atoms with Crippen LogP contribution in [0, 0.1) is 0 Å². The van der Waals surface area contributed by atoms with Gasteiger partial charge in [-0.05, 0) is 18.2 Å². The molecule has 1 aromatic carbocycles. The summed E-state index contributed by atoms with van der Waals surface area (Å²) in [6, 6.07) is 5.25. The third kappa shape index (κ3) is 1.75. The first-order chi connectivity index (χ1) is 8.19. The first-order valence-corrected chi connectivity index (χ1v) is 5.12. The van der Waals surface area contributed by atoms with Crippen molar-refractivity contribution >= 4 is 22.4 Å². The van der Waals surface area contributed by atoms with Crippen molar-refractivity contribution in [3.05, 3.63) is 30.1 Å². The normalized spacial score (nSPS) is 10.2. The highest BCUT2D eigenvalue weighted by atomic mass is 16.5. The number of fused-ring (bicyclic) bond motifs is 1. The number of nitrogens with two attached hydrogens (primary N) is 1. The number of aromatic nitrogens is 1. The average Bonchev–Trinajstić information content (AvgIpc) is 2.38. The maximum absolute atomic E-state index is 11.7. The van der Waals surface area contributed by atoms with Crippen LogP contribution in [0.2, 0.25) is 0 Å². The fraction of sp³-hybridized carbons (Fsp3) is 0.167. The van der Waals surface area contributed by atoms with Gasteiger partial charge in [0.2, 0.25) is 0 Å². The lowest BCUT2D eigenvalue weighted by Crippen LogP contribution is -2.19. The van der Waals surface area contributed by atoms with E-state index in [4.69, 9.17) is 10.5 Å². The van der Waals surface area contributed by atoms with Gasteiger partial charge in [-0.15, -0.1) is 0 Å². The molecule has 0 aliphatic carbocycles. The Kier molecular flexibility index (Phi) is 2.82. The molecule has 0 bridgehead atoms. The minimum absolute atomic E-state index is 0.268. The summed E-state index contributed by atoms with van der Waals surface area (Å²) in [4.78, 5) is 15.8. The molecule has 17 heavy (non-hydrogen) atoms. The Hall–Kier alpha value is -2.30. The summed E-state index contributed by atoms with van der Waals surface area (Å²) in [5, 5.41) is 3.94. The van der Waals surface area contributed by atoms with Crippen LogP contribution in [-0.2, 0) is 0 Å². The molecule has 2 rings (SSSR count). The molecule has 0 aliphatic heterocycles. The van der Waals surface area contributed by atoms with Gasteiger partial charge in [0.15, 0.2) is 0 Å². The van der Waals surface area contributed by atoms with Gasteiger partial charge in [0.25, 0.3) is 5.91 Å². The Balaban J connectivity index is 2.83. The van der Waals surface area contributed by atoms with Gasteiger partial charge in [-0.3, -0.25) is 9.78 Å². The van der Waals surface area contributed by atoms with Crippen molar-refractivity contribution in [2.24, 2.45) is 0 Å². The summed E-state index contributed by atoms with van der Waals surface area (Å²) in [6.45, 7) is 0. The van der Waals surface area contributed by atoms with E-state index >= 15 is 0 Å². The largest absolute Gasteiger partial charge is 0.496 e. The molecule has 0 radical (unpaired) electrons. The summed E-state index contributed by atoms with van der Waals surface area (Å²) >= 11 is 0. The van der Waals surface area contributed by atoms with Gasteiger partial charge in [-0.1, -0.05) is 0 Å². The summed E-state index contributed by atoms with van der Waals surface area (Å²) in [5.41, 5.74) is 6.71. The van der Waals surface area contributed by atoms with Gasteiger partial charge in [0.1, 0.15) is 11.4 Å². The van der Waals surface area contributed by atoms with Crippen molar-refractivity contribution in [1.29, 1.82) is 0 Å². The number of methoxy groups -OCH3 is 1. The minimum atomic E-state index is -0.268. The van der Waals surface area contributed by atoms with E-state index in [1.807, 2.05) is 0 Å². The summed E-state index contributed by atoms with van der Waals surface area (Å²) in [7, 11) is 3.13. The predicted octanol–water partition coefficient (Wildman–Crippen LogP) is 1.19. The highest BCUT2D eigenvalue weighted by molar-refractivity contribution is 6.11. The lowest BCUT2D eigenvalue weighted by atomic mass is 10.1. The van der Waals surface area contributed by atoms with Crippen molar-refractivity contribution in [2.45, 2.75) is 0 Å². The average molecular weight is 231 g/mol. The Morgan fingerprint density at radius 2 is 2.18 bits per heavy atom. The molecule has 1 heterocycles. The summed E-state index contributed by atoms with van der Waals surface area (Å²) in [6.07, 6.45) is 1.56. The van der Waals surface area contributed by atoms with Crippen LogP contribution in [0.1, 0.15) is 10.5 Å². The topological polar surface area (TPSA) is 77.2 Å². The maximum atomic E-state index is 11.7. The SMILES string of the molecule is CNC(=O)c1nccc2c(OC)ccc(N)c12. The quantitative estimate of drug-likeness (QED) is 0.761. The first-order valence-electron chi connectivity index (χ1n) is 5.12. The zero-order chi connectivity index (χ0) is 12.4. The van der Waals surface area contributed by atoms with Crippen LogP contribution in [-0.4, -0.2) is 25.0 Å². The number of carbonyl (C=O) groups excluding carboxylic acids is 1. The van der Waals surface area contributed by atoms with E-state index in [1.54, 1.807) is 38.6 Å². The molecule has 0 unspecified atom stereocenters. The van der Waals surface area contributed by atoms with Crippen molar-refractivity contribution in [1.82, 2.24) is 10.3 Å². The number of pyridine rings is 1. The van der Waals surface area contributed by atoms with Crippen LogP contribution in [0.25, 0.3) is 10.8 Å². The molecule has 0 atom stereocenters. The number of hydrogen-bond donors (Lipinski definition) is 2. The zero-order valence-electron chi connectivity index (χ0n) is 9.65. The molecule has 0 saturated carbocycles. The van der Waals surface area contributed by atoms with E-state index in [9.17, 15) is 4.79 Å². The second kappa shape index (κ2) is 4.29. The first kappa shape index (κ1) is 11.2. The third-order valence-corrected chi connectivity index (χ3v) is 2.58. The highest BCUT2D eigenvalue weighted by Gasteiger charge is 2.14. The number of nitrogens with zero attached hydrogens (tertiary/aromatic N) is 1. The van der Waals surface area contributed by atoms with E-state index < -0.39 is 0 Å². The molecule has 3 N–H and O–H groups in total. The number of amides is 1. The standard InChI is InChI=1S/C12H13N3O2/c1-14-12(16)11-10-7(5-6-15-11)9(17-2)4-3-8(10)13/h3-6H,13H2,1-2H3,(H,14,16). The van der Waals surface area contributed by atoms with E-state index in [-0.39, 0.29) is 5.91 Å². The second-order valence-electron chi connectivity index (χ2n) is 3.52. The Labute approximate surface area is 98.6 Å². The van der Waals surface area contributed by atoms with Crippen molar-refractivity contribution in [3.8, 4) is 5.75 Å². The number of hydrogen-bond acceptors (Lipinski definition) is 4. The van der Waals surface area contributed by atoms with Gasteiger partial charge in [0.05, 0.1) is 7.11 Å². The Morgan fingerprint density at radius 1 is 1.41 bits per heavy atom. The number of ether oxygens (including phenoxy) is 1. The van der Waals surface area contributed by atoms with Gasteiger partial charge in [-0.25, -0.2) is 0 Å². The number of anilines is 1. The predicted molar refractivity (Wildman–Crippen MR) is 66.1 cm³/mol. The van der Waals surface area contributed by atoms with E-state index in [0.29, 0.717) is 22.5 Å². The molecule has 1 amide bonds. The van der Waals surface area contributed by atoms with Crippen molar-refractivity contribution < 1.29 is 9.53 Å². The zero-order valence-corrected chi connectivity index (χ0v) is 9.65. The van der Waals surface area contributed by atoms with Crippen LogP contribution in [0.5, 0.6) is 5.75 Å². The molecule has 1 aromatic heterocycles. The smallest absolute Gasteiger partial charge is 0.270 e. The molecule has 88 valence electrons. The van der Waals surface area contributed by atoms with Crippen molar-refractivity contribution in [3.63, 3.8) is 0 Å². The molecule has 0 aliphatic rings. The molecule has 2 aromatic rings. The monoisotopic (exact) mass is 231 g/mol. The molecule has 0 saturated heterocycles. The van der Waals surface area contributed by atoms with Gasteiger partial charge in [0, 0.05) is 29.7 Å². The lowest BCUT2D eigenvalue weighted by molar-refractivity contribution is 0.0960. The van der Waals surface area contributed by atoms with Crippen LogP contribution in [0.3, 0.4) is 0 Å². The van der Waals surface area contributed by atoms with Gasteiger partial charge in [-0.2, -0.15) is 0 Å². The molecular weight excluding hydrogens is 218 g/mol. The fourth-order valence-electron chi connectivity index (χ4n) is 1.77.